The van der Waals surface area contributed by atoms with Gasteiger partial charge in [-0.05, 0) is 56.1 Å². The lowest BCUT2D eigenvalue weighted by Gasteiger charge is -2.29. The van der Waals surface area contributed by atoms with E-state index in [-0.39, 0.29) is 58.3 Å². The number of rotatable bonds is 8. The number of fused-ring (bicyclic) bond motifs is 2. The van der Waals surface area contributed by atoms with E-state index in [1.807, 2.05) is 0 Å². The molecule has 7 nitrogen and oxygen atoms in total. The van der Waals surface area contributed by atoms with Crippen molar-refractivity contribution in [2.45, 2.75) is 83.2 Å². The summed E-state index contributed by atoms with van der Waals surface area (Å²) < 4.78 is 28.4. The van der Waals surface area contributed by atoms with Crippen molar-refractivity contribution in [3.05, 3.63) is 35.5 Å². The van der Waals surface area contributed by atoms with Crippen molar-refractivity contribution in [1.82, 2.24) is 15.2 Å². The van der Waals surface area contributed by atoms with E-state index in [0.717, 1.165) is 39.0 Å². The fraction of sp³-hybridized carbons (Fsp3) is 0.586. The van der Waals surface area contributed by atoms with Crippen molar-refractivity contribution in [1.29, 1.82) is 0 Å². The number of H-pyrrole nitrogens is 1. The molecule has 0 radical (unpaired) electrons. The summed E-state index contributed by atoms with van der Waals surface area (Å²) in [6.45, 7) is 2.97. The number of Topliss-reactive ketones (excluding diaryl/α,β-unsaturated/α-hetero) is 2. The summed E-state index contributed by atoms with van der Waals surface area (Å²) in [7, 11) is 0. The standard InChI is InChI=1S/C29H35F2N3O4/c1-3-24(35)22(13-16-7-5-12-25(16)36)33-27(37)26-18-9-4-8-17(18)15-34(26)28(38)23-14-19-20(29(2,30)31)10-6-11-21(19)32-23/h6,10-11,14,16-18,22,26,32H,3-5,7-9,12-13,15H2,1-2H3,(H,33,37)/t16-,17-,18-,22-,26-/m0/s1. The van der Waals surface area contributed by atoms with Crippen LogP contribution in [0.3, 0.4) is 0 Å². The number of alkyl halides is 2. The maximum Gasteiger partial charge on any atom is 0.271 e. The van der Waals surface area contributed by atoms with Gasteiger partial charge < -0.3 is 15.2 Å². The van der Waals surface area contributed by atoms with E-state index in [9.17, 15) is 28.0 Å². The van der Waals surface area contributed by atoms with E-state index in [0.29, 0.717) is 24.9 Å². The van der Waals surface area contributed by atoms with Crippen LogP contribution in [0.5, 0.6) is 0 Å². The first-order chi connectivity index (χ1) is 18.1. The van der Waals surface area contributed by atoms with Crippen LogP contribution in [0.4, 0.5) is 8.78 Å². The summed E-state index contributed by atoms with van der Waals surface area (Å²) in [5, 5.41) is 3.19. The van der Waals surface area contributed by atoms with Crippen LogP contribution in [0.2, 0.25) is 0 Å². The Morgan fingerprint density at radius 2 is 1.97 bits per heavy atom. The SMILES string of the molecule is CCC(=O)[C@H](C[C@@H]1CCCC1=O)NC(=O)[C@@H]1[C@H]2CCC[C@H]2CN1C(=O)c1cc2c(C(C)(F)F)cccc2[nH]1. The zero-order chi connectivity index (χ0) is 27.2. The number of nitrogens with one attached hydrogen (secondary N) is 2. The van der Waals surface area contributed by atoms with Crippen molar-refractivity contribution < 1.29 is 28.0 Å². The van der Waals surface area contributed by atoms with Gasteiger partial charge in [0.1, 0.15) is 17.5 Å². The van der Waals surface area contributed by atoms with E-state index in [2.05, 4.69) is 10.3 Å². The molecule has 0 bridgehead atoms. The fourth-order valence-corrected chi connectivity index (χ4v) is 6.85. The molecule has 9 heteroatoms. The number of carbonyl (C=O) groups is 4. The van der Waals surface area contributed by atoms with Crippen molar-refractivity contribution >= 4 is 34.3 Å². The maximum absolute atomic E-state index is 14.2. The highest BCUT2D eigenvalue weighted by Crippen LogP contribution is 2.43. The number of carbonyl (C=O) groups excluding carboxylic acids is 4. The lowest BCUT2D eigenvalue weighted by Crippen LogP contribution is -2.53. The minimum absolute atomic E-state index is 0.0237. The molecule has 1 aliphatic heterocycles. The lowest BCUT2D eigenvalue weighted by atomic mass is 9.91. The first kappa shape index (κ1) is 26.5. The van der Waals surface area contributed by atoms with E-state index >= 15 is 0 Å². The molecule has 1 aromatic heterocycles. The molecule has 1 aromatic carbocycles. The Morgan fingerprint density at radius 1 is 1.18 bits per heavy atom. The van der Waals surface area contributed by atoms with Gasteiger partial charge in [-0.15, -0.1) is 0 Å². The van der Waals surface area contributed by atoms with E-state index in [1.165, 1.54) is 18.2 Å². The molecule has 204 valence electrons. The normalized spacial score (nSPS) is 26.1. The molecule has 5 rings (SSSR count). The second-order valence-corrected chi connectivity index (χ2v) is 11.3. The highest BCUT2D eigenvalue weighted by Gasteiger charge is 2.50. The quantitative estimate of drug-likeness (QED) is 0.518. The molecular weight excluding hydrogens is 492 g/mol. The van der Waals surface area contributed by atoms with Crippen LogP contribution < -0.4 is 5.32 Å². The topological polar surface area (TPSA) is 99.3 Å². The molecule has 2 heterocycles. The van der Waals surface area contributed by atoms with E-state index < -0.39 is 23.9 Å². The zero-order valence-corrected chi connectivity index (χ0v) is 21.9. The molecule has 2 saturated carbocycles. The van der Waals surface area contributed by atoms with Crippen LogP contribution in [0, 0.1) is 17.8 Å². The summed E-state index contributed by atoms with van der Waals surface area (Å²) in [6, 6.07) is 4.45. The third-order valence-corrected chi connectivity index (χ3v) is 8.79. The molecule has 5 atom stereocenters. The summed E-state index contributed by atoms with van der Waals surface area (Å²) in [6.07, 6.45) is 5.25. The van der Waals surface area contributed by atoms with Crippen molar-refractivity contribution in [3.63, 3.8) is 0 Å². The first-order valence-corrected chi connectivity index (χ1v) is 13.7. The molecule has 3 fully saturated rings. The number of ketones is 2. The first-order valence-electron chi connectivity index (χ1n) is 13.7. The number of nitrogens with zero attached hydrogens (tertiary/aromatic N) is 1. The van der Waals surface area contributed by atoms with Crippen LogP contribution in [0.1, 0.15) is 81.3 Å². The fourth-order valence-electron chi connectivity index (χ4n) is 6.85. The van der Waals surface area contributed by atoms with Crippen molar-refractivity contribution in [2.75, 3.05) is 6.54 Å². The Balaban J connectivity index is 1.41. The molecule has 0 unspecified atom stereocenters. The maximum atomic E-state index is 14.2. The van der Waals surface area contributed by atoms with Crippen LogP contribution in [-0.2, 0) is 20.3 Å². The molecule has 38 heavy (non-hydrogen) atoms. The molecule has 2 aromatic rings. The number of aromatic nitrogens is 1. The van der Waals surface area contributed by atoms with Gasteiger partial charge in [0, 0.05) is 48.7 Å². The number of hydrogen-bond donors (Lipinski definition) is 2. The molecule has 2 amide bonds. The Hall–Kier alpha value is -3.10. The molecule has 2 N–H and O–H groups in total. The largest absolute Gasteiger partial charge is 0.351 e. The van der Waals surface area contributed by atoms with Crippen LogP contribution >= 0.6 is 0 Å². The monoisotopic (exact) mass is 527 g/mol. The number of aromatic amines is 1. The predicted octanol–water partition coefficient (Wildman–Crippen LogP) is 4.74. The number of amides is 2. The van der Waals surface area contributed by atoms with Crippen molar-refractivity contribution in [2.24, 2.45) is 17.8 Å². The summed E-state index contributed by atoms with van der Waals surface area (Å²) in [4.78, 5) is 57.0. The van der Waals surface area contributed by atoms with Gasteiger partial charge in [-0.2, -0.15) is 0 Å². The van der Waals surface area contributed by atoms with Gasteiger partial charge in [0.25, 0.3) is 11.8 Å². The van der Waals surface area contributed by atoms with Gasteiger partial charge in [0.2, 0.25) is 5.91 Å². The smallest absolute Gasteiger partial charge is 0.271 e. The average molecular weight is 528 g/mol. The number of benzene rings is 1. The van der Waals surface area contributed by atoms with Crippen LogP contribution in [0.25, 0.3) is 10.9 Å². The molecule has 0 spiro atoms. The number of likely N-dealkylation sites (tertiary alicyclic amines) is 1. The Bertz CT molecular complexity index is 1270. The molecular formula is C29H35F2N3O4. The Labute approximate surface area is 220 Å². The third kappa shape index (κ3) is 4.87. The highest BCUT2D eigenvalue weighted by atomic mass is 19.3. The summed E-state index contributed by atoms with van der Waals surface area (Å²) in [5.74, 6) is -3.92. The van der Waals surface area contributed by atoms with Crippen LogP contribution in [0.15, 0.2) is 24.3 Å². The summed E-state index contributed by atoms with van der Waals surface area (Å²) >= 11 is 0. The molecule has 2 aliphatic carbocycles. The average Bonchev–Trinajstić information content (AvgIpc) is 3.65. The number of hydrogen-bond acceptors (Lipinski definition) is 4. The van der Waals surface area contributed by atoms with Gasteiger partial charge in [-0.1, -0.05) is 25.5 Å². The molecule has 1 saturated heterocycles. The third-order valence-electron chi connectivity index (χ3n) is 8.79. The summed E-state index contributed by atoms with van der Waals surface area (Å²) in [5.41, 5.74) is 0.426. The van der Waals surface area contributed by atoms with Gasteiger partial charge in [-0.3, -0.25) is 19.2 Å². The van der Waals surface area contributed by atoms with Crippen LogP contribution in [-0.4, -0.2) is 51.9 Å². The highest BCUT2D eigenvalue weighted by molar-refractivity contribution is 6.02. The molecule has 3 aliphatic rings. The zero-order valence-electron chi connectivity index (χ0n) is 21.9. The lowest BCUT2D eigenvalue weighted by molar-refractivity contribution is -0.131. The van der Waals surface area contributed by atoms with Crippen molar-refractivity contribution in [3.8, 4) is 0 Å². The van der Waals surface area contributed by atoms with E-state index in [1.54, 1.807) is 17.9 Å². The Kier molecular flexibility index (Phi) is 7.13. The predicted molar refractivity (Wildman–Crippen MR) is 138 cm³/mol. The second kappa shape index (κ2) is 10.2. The van der Waals surface area contributed by atoms with Gasteiger partial charge in [0.05, 0.1) is 6.04 Å². The minimum atomic E-state index is -3.07. The van der Waals surface area contributed by atoms with E-state index in [4.69, 9.17) is 0 Å². The minimum Gasteiger partial charge on any atom is -0.351 e. The second-order valence-electron chi connectivity index (χ2n) is 11.3. The van der Waals surface area contributed by atoms with Gasteiger partial charge in [0.15, 0.2) is 5.78 Å². The van der Waals surface area contributed by atoms with Gasteiger partial charge in [-0.25, -0.2) is 8.78 Å². The Morgan fingerprint density at radius 3 is 2.66 bits per heavy atom. The number of halogens is 2. The van der Waals surface area contributed by atoms with Gasteiger partial charge >= 0.3 is 0 Å².